The zero-order chi connectivity index (χ0) is 8.89. The second kappa shape index (κ2) is 2.32. The second-order valence-corrected chi connectivity index (χ2v) is 4.00. The summed E-state index contributed by atoms with van der Waals surface area (Å²) < 4.78 is 5.49. The molecule has 4 nitrogen and oxygen atoms in total. The van der Waals surface area contributed by atoms with Gasteiger partial charge >= 0.3 is 0 Å². The van der Waals surface area contributed by atoms with Crippen LogP contribution in [0.25, 0.3) is 0 Å². The Morgan fingerprint density at radius 2 is 2.54 bits per heavy atom. The van der Waals surface area contributed by atoms with E-state index in [1.807, 2.05) is 0 Å². The lowest BCUT2D eigenvalue weighted by Gasteiger charge is -2.23. The van der Waals surface area contributed by atoms with Gasteiger partial charge in [-0.25, -0.2) is 0 Å². The molecule has 2 aliphatic rings. The standard InChI is InChI=1S/C9H13N3O/c1-2-6-3-4-9(5-13-9)8-7(6)10-12-11-8/h6H,2-5H2,1H3,(H,10,11,12). The molecular formula is C9H13N3O. The number of epoxide rings is 1. The number of aromatic amines is 1. The molecule has 2 heterocycles. The Morgan fingerprint density at radius 1 is 1.69 bits per heavy atom. The highest BCUT2D eigenvalue weighted by Crippen LogP contribution is 2.50. The molecule has 3 rings (SSSR count). The molecule has 4 heteroatoms. The average Bonchev–Trinajstić information content (AvgIpc) is 2.76. The van der Waals surface area contributed by atoms with Crippen molar-refractivity contribution in [1.82, 2.24) is 15.4 Å². The van der Waals surface area contributed by atoms with Crippen LogP contribution in [0.3, 0.4) is 0 Å². The van der Waals surface area contributed by atoms with Gasteiger partial charge in [0.15, 0.2) is 0 Å². The lowest BCUT2D eigenvalue weighted by Crippen LogP contribution is -2.20. The van der Waals surface area contributed by atoms with Crippen molar-refractivity contribution in [1.29, 1.82) is 0 Å². The number of hydrogen-bond donors (Lipinski definition) is 1. The van der Waals surface area contributed by atoms with Gasteiger partial charge in [0.2, 0.25) is 0 Å². The first kappa shape index (κ1) is 7.50. The molecular weight excluding hydrogens is 166 g/mol. The molecule has 0 radical (unpaired) electrons. The van der Waals surface area contributed by atoms with Crippen LogP contribution in [-0.4, -0.2) is 22.0 Å². The molecule has 2 unspecified atom stereocenters. The third-order valence-electron chi connectivity index (χ3n) is 3.30. The highest BCUT2D eigenvalue weighted by molar-refractivity contribution is 5.28. The van der Waals surface area contributed by atoms with E-state index < -0.39 is 0 Å². The maximum absolute atomic E-state index is 5.49. The van der Waals surface area contributed by atoms with Crippen molar-refractivity contribution < 1.29 is 4.74 Å². The van der Waals surface area contributed by atoms with Crippen LogP contribution in [0.5, 0.6) is 0 Å². The van der Waals surface area contributed by atoms with E-state index in [4.69, 9.17) is 4.74 Å². The SMILES string of the molecule is CCC1CCC2(CO2)c2nn[nH]c21. The number of nitrogens with one attached hydrogen (secondary N) is 1. The Labute approximate surface area is 76.7 Å². The predicted octanol–water partition coefficient (Wildman–Crippen LogP) is 1.32. The average molecular weight is 179 g/mol. The Balaban J connectivity index is 2.06. The van der Waals surface area contributed by atoms with E-state index in [1.54, 1.807) is 0 Å². The summed E-state index contributed by atoms with van der Waals surface area (Å²) in [6.07, 6.45) is 3.48. The molecule has 1 saturated heterocycles. The molecule has 1 aromatic heterocycles. The van der Waals surface area contributed by atoms with Crippen molar-refractivity contribution >= 4 is 0 Å². The van der Waals surface area contributed by atoms with Gasteiger partial charge in [-0.1, -0.05) is 12.1 Å². The van der Waals surface area contributed by atoms with Crippen molar-refractivity contribution in [2.75, 3.05) is 6.61 Å². The molecule has 2 atom stereocenters. The van der Waals surface area contributed by atoms with Gasteiger partial charge in [0, 0.05) is 5.92 Å². The number of rotatable bonds is 1. The monoisotopic (exact) mass is 179 g/mol. The lowest BCUT2D eigenvalue weighted by atomic mass is 9.82. The molecule has 1 aliphatic carbocycles. The fourth-order valence-electron chi connectivity index (χ4n) is 2.30. The topological polar surface area (TPSA) is 54.1 Å². The molecule has 1 N–H and O–H groups in total. The molecule has 13 heavy (non-hydrogen) atoms. The van der Waals surface area contributed by atoms with Crippen molar-refractivity contribution in [2.45, 2.75) is 37.7 Å². The van der Waals surface area contributed by atoms with Crippen molar-refractivity contribution in [3.05, 3.63) is 11.4 Å². The van der Waals surface area contributed by atoms with Gasteiger partial charge in [-0.2, -0.15) is 0 Å². The first-order valence-corrected chi connectivity index (χ1v) is 4.91. The minimum atomic E-state index is -0.0337. The molecule has 1 fully saturated rings. The first-order valence-electron chi connectivity index (χ1n) is 4.91. The van der Waals surface area contributed by atoms with Crippen LogP contribution in [0.2, 0.25) is 0 Å². The van der Waals surface area contributed by atoms with Gasteiger partial charge in [-0.3, -0.25) is 5.10 Å². The van der Waals surface area contributed by atoms with Gasteiger partial charge < -0.3 is 4.74 Å². The molecule has 0 bridgehead atoms. The van der Waals surface area contributed by atoms with E-state index in [2.05, 4.69) is 22.3 Å². The minimum Gasteiger partial charge on any atom is -0.363 e. The number of fused-ring (bicyclic) bond motifs is 2. The van der Waals surface area contributed by atoms with Crippen LogP contribution in [0.4, 0.5) is 0 Å². The van der Waals surface area contributed by atoms with E-state index in [-0.39, 0.29) is 5.60 Å². The maximum atomic E-state index is 5.49. The fourth-order valence-corrected chi connectivity index (χ4v) is 2.30. The summed E-state index contributed by atoms with van der Waals surface area (Å²) in [4.78, 5) is 0. The van der Waals surface area contributed by atoms with Crippen molar-refractivity contribution in [3.63, 3.8) is 0 Å². The molecule has 1 spiro atoms. The van der Waals surface area contributed by atoms with Crippen LogP contribution >= 0.6 is 0 Å². The van der Waals surface area contributed by atoms with E-state index in [0.717, 1.165) is 25.1 Å². The lowest BCUT2D eigenvalue weighted by molar-refractivity contribution is 0.258. The largest absolute Gasteiger partial charge is 0.363 e. The second-order valence-electron chi connectivity index (χ2n) is 4.00. The number of H-pyrrole nitrogens is 1. The third kappa shape index (κ3) is 0.892. The highest BCUT2D eigenvalue weighted by atomic mass is 16.6. The van der Waals surface area contributed by atoms with E-state index >= 15 is 0 Å². The van der Waals surface area contributed by atoms with Crippen LogP contribution in [-0.2, 0) is 10.3 Å². The zero-order valence-corrected chi connectivity index (χ0v) is 7.71. The summed E-state index contributed by atoms with van der Waals surface area (Å²) in [5, 5.41) is 11.0. The van der Waals surface area contributed by atoms with Gasteiger partial charge in [-0.15, -0.1) is 5.10 Å². The minimum absolute atomic E-state index is 0.0337. The molecule has 0 aromatic carbocycles. The van der Waals surface area contributed by atoms with Crippen LogP contribution < -0.4 is 0 Å². The predicted molar refractivity (Wildman–Crippen MR) is 46.3 cm³/mol. The Bertz CT molecular complexity index is 329. The van der Waals surface area contributed by atoms with Gasteiger partial charge in [0.25, 0.3) is 0 Å². The number of hydrogen-bond acceptors (Lipinski definition) is 3. The normalized spacial score (nSPS) is 36.2. The zero-order valence-electron chi connectivity index (χ0n) is 7.71. The summed E-state index contributed by atoms with van der Waals surface area (Å²) in [5.74, 6) is 0.611. The first-order chi connectivity index (χ1) is 6.36. The number of nitrogens with zero attached hydrogens (tertiary/aromatic N) is 2. The van der Waals surface area contributed by atoms with Crippen molar-refractivity contribution in [3.8, 4) is 0 Å². The van der Waals surface area contributed by atoms with Gasteiger partial charge in [0.05, 0.1) is 12.3 Å². The summed E-state index contributed by atoms with van der Waals surface area (Å²) in [6, 6.07) is 0. The van der Waals surface area contributed by atoms with Gasteiger partial charge in [-0.05, 0) is 19.3 Å². The Hall–Kier alpha value is -0.900. The van der Waals surface area contributed by atoms with E-state index in [0.29, 0.717) is 5.92 Å². The highest BCUT2D eigenvalue weighted by Gasteiger charge is 2.53. The van der Waals surface area contributed by atoms with E-state index in [9.17, 15) is 0 Å². The quantitative estimate of drug-likeness (QED) is 0.661. The van der Waals surface area contributed by atoms with E-state index in [1.165, 1.54) is 12.1 Å². The van der Waals surface area contributed by atoms with Crippen LogP contribution in [0, 0.1) is 0 Å². The molecule has 0 saturated carbocycles. The summed E-state index contributed by atoms with van der Waals surface area (Å²) >= 11 is 0. The fraction of sp³-hybridized carbons (Fsp3) is 0.778. The number of aromatic nitrogens is 3. The number of ether oxygens (including phenoxy) is 1. The Morgan fingerprint density at radius 3 is 3.23 bits per heavy atom. The molecule has 1 aromatic rings. The summed E-state index contributed by atoms with van der Waals surface area (Å²) in [6.45, 7) is 3.05. The molecule has 70 valence electrons. The molecule has 0 amide bonds. The molecule has 1 aliphatic heterocycles. The van der Waals surface area contributed by atoms with Crippen LogP contribution in [0.15, 0.2) is 0 Å². The Kier molecular flexibility index (Phi) is 1.34. The maximum Gasteiger partial charge on any atom is 0.137 e. The summed E-state index contributed by atoms with van der Waals surface area (Å²) in [5.41, 5.74) is 2.26. The van der Waals surface area contributed by atoms with Crippen molar-refractivity contribution in [2.24, 2.45) is 0 Å². The van der Waals surface area contributed by atoms with Crippen LogP contribution in [0.1, 0.15) is 43.5 Å². The smallest absolute Gasteiger partial charge is 0.137 e. The van der Waals surface area contributed by atoms with Gasteiger partial charge in [0.1, 0.15) is 11.3 Å². The summed E-state index contributed by atoms with van der Waals surface area (Å²) in [7, 11) is 0. The third-order valence-corrected chi connectivity index (χ3v) is 3.30.